The Morgan fingerprint density at radius 3 is 2.66 bits per heavy atom. The van der Waals surface area contributed by atoms with Crippen molar-refractivity contribution >= 4 is 51.0 Å². The Morgan fingerprint density at radius 2 is 1.86 bits per heavy atom. The number of anilines is 4. The summed E-state index contributed by atoms with van der Waals surface area (Å²) < 4.78 is 0.731. The Labute approximate surface area is 212 Å². The summed E-state index contributed by atoms with van der Waals surface area (Å²) in [4.78, 5) is 39.0. The monoisotopic (exact) mass is 538 g/mol. The summed E-state index contributed by atoms with van der Waals surface area (Å²) in [6.45, 7) is 2.72. The molecule has 35 heavy (non-hydrogen) atoms. The summed E-state index contributed by atoms with van der Waals surface area (Å²) >= 11 is 3.47. The van der Waals surface area contributed by atoms with Gasteiger partial charge >= 0.3 is 6.03 Å². The van der Waals surface area contributed by atoms with Gasteiger partial charge in [-0.15, -0.1) is 0 Å². The van der Waals surface area contributed by atoms with Crippen LogP contribution in [-0.4, -0.2) is 58.0 Å². The van der Waals surface area contributed by atoms with Crippen LogP contribution in [0.25, 0.3) is 0 Å². The van der Waals surface area contributed by atoms with Crippen molar-refractivity contribution in [2.75, 3.05) is 42.1 Å². The van der Waals surface area contributed by atoms with Gasteiger partial charge in [-0.05, 0) is 65.5 Å². The molecule has 0 aliphatic carbocycles. The highest BCUT2D eigenvalue weighted by Gasteiger charge is 2.17. The minimum absolute atomic E-state index is 0.0809. The molecule has 0 saturated carbocycles. The molecule has 0 radical (unpaired) electrons. The van der Waals surface area contributed by atoms with Gasteiger partial charge in [-0.3, -0.25) is 9.78 Å². The average molecular weight is 539 g/mol. The second-order valence-corrected chi connectivity index (χ2v) is 8.85. The fourth-order valence-corrected chi connectivity index (χ4v) is 3.91. The highest BCUT2D eigenvalue weighted by molar-refractivity contribution is 9.10. The number of hydrogen-bond donors (Lipinski definition) is 4. The van der Waals surface area contributed by atoms with E-state index in [-0.39, 0.29) is 11.9 Å². The molecule has 4 N–H and O–H groups in total. The zero-order valence-electron chi connectivity index (χ0n) is 19.1. The second kappa shape index (κ2) is 12.1. The maximum absolute atomic E-state index is 12.4. The third kappa shape index (κ3) is 7.12. The van der Waals surface area contributed by atoms with E-state index in [2.05, 4.69) is 52.1 Å². The van der Waals surface area contributed by atoms with Crippen LogP contribution in [0.2, 0.25) is 0 Å². The van der Waals surface area contributed by atoms with Crippen LogP contribution in [0.1, 0.15) is 29.6 Å². The number of benzene rings is 1. The van der Waals surface area contributed by atoms with Crippen molar-refractivity contribution in [2.45, 2.75) is 19.3 Å². The summed E-state index contributed by atoms with van der Waals surface area (Å²) in [5.74, 6) is 0.912. The van der Waals surface area contributed by atoms with Gasteiger partial charge in [0.15, 0.2) is 0 Å². The highest BCUT2D eigenvalue weighted by Crippen LogP contribution is 2.23. The number of hydrogen-bond acceptors (Lipinski definition) is 7. The predicted octanol–water partition coefficient (Wildman–Crippen LogP) is 4.24. The van der Waals surface area contributed by atoms with E-state index in [0.717, 1.165) is 36.1 Å². The molecule has 3 aromatic rings. The van der Waals surface area contributed by atoms with Crippen LogP contribution in [0.4, 0.5) is 27.9 Å². The number of halogens is 1. The number of amides is 3. The van der Waals surface area contributed by atoms with Gasteiger partial charge in [-0.1, -0.05) is 6.07 Å². The van der Waals surface area contributed by atoms with Crippen molar-refractivity contribution in [3.63, 3.8) is 0 Å². The summed E-state index contributed by atoms with van der Waals surface area (Å²) in [6.07, 6.45) is 7.65. The molecule has 11 heteroatoms. The van der Waals surface area contributed by atoms with E-state index in [1.807, 2.05) is 29.2 Å². The standard InChI is InChI=1S/C24H27BrN8O2/c25-20-16-29-23(30-18-7-3-8-19(14-18)31-24(35)33-12-1-2-13-33)32-21(20)27-10-5-11-28-22(34)17-6-4-9-26-15-17/h3-4,6-9,14-16H,1-2,5,10-13H2,(H,28,34)(H,31,35)(H2,27,29,30,32). The van der Waals surface area contributed by atoms with Gasteiger partial charge in [-0.25, -0.2) is 9.78 Å². The number of aromatic nitrogens is 3. The first-order valence-corrected chi connectivity index (χ1v) is 12.3. The zero-order valence-corrected chi connectivity index (χ0v) is 20.7. The molecule has 3 amide bonds. The molecule has 4 rings (SSSR count). The van der Waals surface area contributed by atoms with Gasteiger partial charge in [0.2, 0.25) is 5.95 Å². The van der Waals surface area contributed by atoms with E-state index < -0.39 is 0 Å². The molecule has 10 nitrogen and oxygen atoms in total. The summed E-state index contributed by atoms with van der Waals surface area (Å²) in [5.41, 5.74) is 2.00. The van der Waals surface area contributed by atoms with E-state index in [0.29, 0.717) is 42.5 Å². The Bertz CT molecular complexity index is 1160. The van der Waals surface area contributed by atoms with Crippen LogP contribution in [-0.2, 0) is 0 Å². The maximum Gasteiger partial charge on any atom is 0.321 e. The Kier molecular flexibility index (Phi) is 8.44. The predicted molar refractivity (Wildman–Crippen MR) is 139 cm³/mol. The first-order valence-electron chi connectivity index (χ1n) is 11.5. The lowest BCUT2D eigenvalue weighted by Crippen LogP contribution is -2.32. The molecule has 1 aliphatic rings. The summed E-state index contributed by atoms with van der Waals surface area (Å²) in [7, 11) is 0. The van der Waals surface area contributed by atoms with Gasteiger partial charge < -0.3 is 26.2 Å². The number of pyridine rings is 1. The van der Waals surface area contributed by atoms with Gasteiger partial charge in [-0.2, -0.15) is 4.98 Å². The van der Waals surface area contributed by atoms with Crippen molar-refractivity contribution in [2.24, 2.45) is 0 Å². The lowest BCUT2D eigenvalue weighted by atomic mass is 10.2. The van der Waals surface area contributed by atoms with Gasteiger partial charge in [0, 0.05) is 56.1 Å². The minimum atomic E-state index is -0.147. The Balaban J connectivity index is 1.27. The molecule has 182 valence electrons. The molecule has 0 unspecified atom stereocenters. The number of carbonyl (C=O) groups is 2. The fourth-order valence-electron chi connectivity index (χ4n) is 3.57. The highest BCUT2D eigenvalue weighted by atomic mass is 79.9. The van der Waals surface area contributed by atoms with Crippen molar-refractivity contribution < 1.29 is 9.59 Å². The van der Waals surface area contributed by atoms with Crippen molar-refractivity contribution in [1.82, 2.24) is 25.2 Å². The smallest absolute Gasteiger partial charge is 0.321 e. The van der Waals surface area contributed by atoms with E-state index >= 15 is 0 Å². The van der Waals surface area contributed by atoms with Crippen molar-refractivity contribution in [3.05, 3.63) is 65.0 Å². The van der Waals surface area contributed by atoms with Gasteiger partial charge in [0.25, 0.3) is 5.91 Å². The third-order valence-corrected chi connectivity index (χ3v) is 5.94. The van der Waals surface area contributed by atoms with Gasteiger partial charge in [0.1, 0.15) is 5.82 Å². The van der Waals surface area contributed by atoms with E-state index in [9.17, 15) is 9.59 Å². The number of carbonyl (C=O) groups excluding carboxylic acids is 2. The average Bonchev–Trinajstić information content (AvgIpc) is 3.42. The Morgan fingerprint density at radius 1 is 1.03 bits per heavy atom. The van der Waals surface area contributed by atoms with Crippen LogP contribution in [0, 0.1) is 0 Å². The van der Waals surface area contributed by atoms with E-state index in [1.54, 1.807) is 24.5 Å². The van der Waals surface area contributed by atoms with Crippen LogP contribution >= 0.6 is 15.9 Å². The molecule has 1 saturated heterocycles. The summed E-state index contributed by atoms with van der Waals surface area (Å²) in [5, 5.41) is 12.2. The van der Waals surface area contributed by atoms with Crippen LogP contribution in [0.15, 0.2) is 59.5 Å². The molecule has 1 aromatic carbocycles. The lowest BCUT2D eigenvalue weighted by Gasteiger charge is -2.16. The number of urea groups is 1. The summed E-state index contributed by atoms with van der Waals surface area (Å²) in [6, 6.07) is 10.8. The first-order chi connectivity index (χ1) is 17.1. The first kappa shape index (κ1) is 24.4. The number of nitrogens with one attached hydrogen (secondary N) is 4. The minimum Gasteiger partial charge on any atom is -0.369 e. The van der Waals surface area contributed by atoms with Crippen LogP contribution in [0.3, 0.4) is 0 Å². The largest absolute Gasteiger partial charge is 0.369 e. The second-order valence-electron chi connectivity index (χ2n) is 8.00. The zero-order chi connectivity index (χ0) is 24.5. The fraction of sp³-hybridized carbons (Fsp3) is 0.292. The third-order valence-electron chi connectivity index (χ3n) is 5.36. The molecule has 3 heterocycles. The molecule has 0 bridgehead atoms. The molecule has 0 spiro atoms. The topological polar surface area (TPSA) is 124 Å². The van der Waals surface area contributed by atoms with Crippen molar-refractivity contribution in [1.29, 1.82) is 0 Å². The number of nitrogens with zero attached hydrogens (tertiary/aromatic N) is 4. The van der Waals surface area contributed by atoms with Crippen LogP contribution in [0.5, 0.6) is 0 Å². The number of rotatable bonds is 9. The lowest BCUT2D eigenvalue weighted by molar-refractivity contribution is 0.0953. The molecule has 1 aliphatic heterocycles. The molecular weight excluding hydrogens is 512 g/mol. The SMILES string of the molecule is O=C(NCCCNc1nc(Nc2cccc(NC(=O)N3CCCC3)c2)ncc1Br)c1cccnc1. The van der Waals surface area contributed by atoms with E-state index in [4.69, 9.17) is 0 Å². The van der Waals surface area contributed by atoms with Gasteiger partial charge in [0.05, 0.1) is 10.0 Å². The quantitative estimate of drug-likeness (QED) is 0.300. The normalized spacial score (nSPS) is 12.8. The number of likely N-dealkylation sites (tertiary alicyclic amines) is 1. The molecule has 2 aromatic heterocycles. The van der Waals surface area contributed by atoms with Crippen molar-refractivity contribution in [3.8, 4) is 0 Å². The maximum atomic E-state index is 12.4. The van der Waals surface area contributed by atoms with Crippen LogP contribution < -0.4 is 21.3 Å². The Hall–Kier alpha value is -3.73. The molecular formula is C24H27BrN8O2. The van der Waals surface area contributed by atoms with E-state index in [1.165, 1.54) is 6.20 Å². The molecule has 1 fully saturated rings. The molecule has 0 atom stereocenters.